The van der Waals surface area contributed by atoms with Crippen molar-refractivity contribution in [1.82, 2.24) is 14.5 Å². The minimum absolute atomic E-state index is 0.00677. The minimum Gasteiger partial charge on any atom is -0.327 e. The number of nitrogens with one attached hydrogen (secondary N) is 1. The molecule has 6 nitrogen and oxygen atoms in total. The van der Waals surface area contributed by atoms with Gasteiger partial charge in [-0.2, -0.15) is 0 Å². The van der Waals surface area contributed by atoms with Crippen LogP contribution in [0.15, 0.2) is 78.9 Å². The van der Waals surface area contributed by atoms with Gasteiger partial charge in [0.15, 0.2) is 0 Å². The lowest BCUT2D eigenvalue weighted by molar-refractivity contribution is -0.142. The van der Waals surface area contributed by atoms with Gasteiger partial charge >= 0.3 is 0 Å². The maximum atomic E-state index is 13.8. The molecule has 5 rings (SSSR count). The quantitative estimate of drug-likeness (QED) is 0.437. The lowest BCUT2D eigenvalue weighted by Gasteiger charge is -2.38. The monoisotopic (exact) mass is 458 g/mol. The van der Waals surface area contributed by atoms with Crippen molar-refractivity contribution >= 4 is 40.1 Å². The van der Waals surface area contributed by atoms with Crippen molar-refractivity contribution in [1.29, 1.82) is 0 Å². The summed E-state index contributed by atoms with van der Waals surface area (Å²) in [4.78, 5) is 33.4. The van der Waals surface area contributed by atoms with Crippen molar-refractivity contribution in [3.05, 3.63) is 95.3 Å². The summed E-state index contributed by atoms with van der Waals surface area (Å²) in [5, 5.41) is 3.47. The molecule has 3 aromatic carbocycles. The zero-order valence-corrected chi connectivity index (χ0v) is 18.9. The van der Waals surface area contributed by atoms with Crippen LogP contribution < -0.4 is 5.32 Å². The number of carbonyl (C=O) groups is 2. The van der Waals surface area contributed by atoms with Crippen LogP contribution in [0, 0.1) is 0 Å². The summed E-state index contributed by atoms with van der Waals surface area (Å²) in [6.45, 7) is 2.45. The molecule has 7 heteroatoms. The van der Waals surface area contributed by atoms with Crippen LogP contribution in [-0.4, -0.2) is 26.3 Å². The standard InChI is InChI=1S/C26H23ClN4O2/c1-17-25-29-21-9-5-6-10-22(21)31(25)23(15-24(32)28-20-13-11-19(27)12-14-20)26(33)30(17)16-18-7-3-2-4-8-18/h2-14,17,23H,15-16H2,1H3,(H,28,32)/t17-,23-/m0/s1. The number of aromatic nitrogens is 2. The van der Waals surface area contributed by atoms with E-state index in [-0.39, 0.29) is 24.3 Å². The number of fused-ring (bicyclic) bond motifs is 3. The van der Waals surface area contributed by atoms with Crippen LogP contribution >= 0.6 is 11.6 Å². The van der Waals surface area contributed by atoms with E-state index >= 15 is 0 Å². The fourth-order valence-electron chi connectivity index (χ4n) is 4.41. The van der Waals surface area contributed by atoms with Crippen LogP contribution in [-0.2, 0) is 16.1 Å². The molecule has 0 saturated carbocycles. The number of rotatable bonds is 5. The van der Waals surface area contributed by atoms with E-state index in [9.17, 15) is 9.59 Å². The predicted octanol–water partition coefficient (Wildman–Crippen LogP) is 5.36. The number of nitrogens with zero attached hydrogens (tertiary/aromatic N) is 3. The summed E-state index contributed by atoms with van der Waals surface area (Å²) < 4.78 is 1.94. The molecule has 1 aliphatic heterocycles. The van der Waals surface area contributed by atoms with E-state index in [4.69, 9.17) is 16.6 Å². The van der Waals surface area contributed by atoms with Crippen LogP contribution in [0.2, 0.25) is 5.02 Å². The predicted molar refractivity (Wildman–Crippen MR) is 129 cm³/mol. The van der Waals surface area contributed by atoms with E-state index in [0.29, 0.717) is 17.3 Å². The molecular formula is C26H23ClN4O2. The molecule has 4 aromatic rings. The summed E-state index contributed by atoms with van der Waals surface area (Å²) >= 11 is 5.95. The lowest BCUT2D eigenvalue weighted by atomic mass is 10.0. The van der Waals surface area contributed by atoms with Crippen LogP contribution in [0.5, 0.6) is 0 Å². The molecule has 166 valence electrons. The average Bonchev–Trinajstić information content (AvgIpc) is 3.21. The first kappa shape index (κ1) is 21.2. The molecular weight excluding hydrogens is 436 g/mol. The van der Waals surface area contributed by atoms with E-state index in [0.717, 1.165) is 22.4 Å². The van der Waals surface area contributed by atoms with E-state index in [1.165, 1.54) is 0 Å². The zero-order chi connectivity index (χ0) is 22.9. The Hall–Kier alpha value is -3.64. The fourth-order valence-corrected chi connectivity index (χ4v) is 4.54. The van der Waals surface area contributed by atoms with Gasteiger partial charge in [-0.1, -0.05) is 54.1 Å². The Balaban J connectivity index is 1.50. The molecule has 2 atom stereocenters. The molecule has 0 aliphatic carbocycles. The zero-order valence-electron chi connectivity index (χ0n) is 18.1. The Morgan fingerprint density at radius 3 is 2.45 bits per heavy atom. The van der Waals surface area contributed by atoms with Crippen molar-refractivity contribution < 1.29 is 9.59 Å². The van der Waals surface area contributed by atoms with E-state index < -0.39 is 6.04 Å². The Bertz CT molecular complexity index is 1320. The second-order valence-electron chi connectivity index (χ2n) is 8.23. The third kappa shape index (κ3) is 4.10. The van der Waals surface area contributed by atoms with Crippen molar-refractivity contribution in [3.8, 4) is 0 Å². The third-order valence-electron chi connectivity index (χ3n) is 6.05. The largest absolute Gasteiger partial charge is 0.327 e. The van der Waals surface area contributed by atoms with Gasteiger partial charge in [0.1, 0.15) is 11.9 Å². The molecule has 0 radical (unpaired) electrons. The first-order valence-corrected chi connectivity index (χ1v) is 11.3. The maximum absolute atomic E-state index is 13.8. The highest BCUT2D eigenvalue weighted by atomic mass is 35.5. The normalized spacial score (nSPS) is 17.8. The van der Waals surface area contributed by atoms with Crippen molar-refractivity contribution in [2.24, 2.45) is 0 Å². The number of anilines is 1. The number of carbonyl (C=O) groups excluding carboxylic acids is 2. The lowest BCUT2D eigenvalue weighted by Crippen LogP contribution is -2.45. The minimum atomic E-state index is -0.681. The van der Waals surface area contributed by atoms with Gasteiger partial charge in [-0.3, -0.25) is 9.59 Å². The molecule has 0 spiro atoms. The van der Waals surface area contributed by atoms with Crippen LogP contribution in [0.4, 0.5) is 5.69 Å². The van der Waals surface area contributed by atoms with Gasteiger partial charge in [-0.15, -0.1) is 0 Å². The summed E-state index contributed by atoms with van der Waals surface area (Å²) in [5.74, 6) is 0.456. The Morgan fingerprint density at radius 2 is 1.70 bits per heavy atom. The van der Waals surface area contributed by atoms with Gasteiger partial charge in [0.05, 0.1) is 23.5 Å². The number of para-hydroxylation sites is 2. The molecule has 2 amide bonds. The summed E-state index contributed by atoms with van der Waals surface area (Å²) in [6, 6.07) is 23.6. The number of imidazole rings is 1. The molecule has 33 heavy (non-hydrogen) atoms. The van der Waals surface area contributed by atoms with Gasteiger partial charge in [0, 0.05) is 17.3 Å². The van der Waals surface area contributed by atoms with Crippen LogP contribution in [0.3, 0.4) is 0 Å². The third-order valence-corrected chi connectivity index (χ3v) is 6.30. The van der Waals surface area contributed by atoms with Gasteiger partial charge in [-0.25, -0.2) is 4.98 Å². The topological polar surface area (TPSA) is 67.2 Å². The summed E-state index contributed by atoms with van der Waals surface area (Å²) in [7, 11) is 0. The Kier molecular flexibility index (Phi) is 5.60. The highest BCUT2D eigenvalue weighted by molar-refractivity contribution is 6.30. The van der Waals surface area contributed by atoms with Gasteiger partial charge < -0.3 is 14.8 Å². The van der Waals surface area contributed by atoms with Gasteiger partial charge in [-0.05, 0) is 48.9 Å². The molecule has 1 aliphatic rings. The smallest absolute Gasteiger partial charge is 0.247 e. The van der Waals surface area contributed by atoms with E-state index in [1.54, 1.807) is 24.3 Å². The number of benzene rings is 3. The van der Waals surface area contributed by atoms with Crippen molar-refractivity contribution in [3.63, 3.8) is 0 Å². The van der Waals surface area contributed by atoms with Crippen molar-refractivity contribution in [2.75, 3.05) is 5.32 Å². The van der Waals surface area contributed by atoms with Gasteiger partial charge in [0.2, 0.25) is 11.8 Å². The van der Waals surface area contributed by atoms with Crippen molar-refractivity contribution in [2.45, 2.75) is 32.0 Å². The molecule has 0 fully saturated rings. The van der Waals surface area contributed by atoms with E-state index in [2.05, 4.69) is 5.32 Å². The molecule has 2 heterocycles. The number of hydrogen-bond acceptors (Lipinski definition) is 3. The molecule has 1 N–H and O–H groups in total. The molecule has 1 aromatic heterocycles. The maximum Gasteiger partial charge on any atom is 0.247 e. The van der Waals surface area contributed by atoms with Crippen LogP contribution in [0.1, 0.15) is 36.8 Å². The fraction of sp³-hybridized carbons (Fsp3) is 0.192. The summed E-state index contributed by atoms with van der Waals surface area (Å²) in [6.07, 6.45) is 0.00677. The Morgan fingerprint density at radius 1 is 1.00 bits per heavy atom. The SMILES string of the molecule is C[C@H]1c2nc3ccccc3n2[C@@H](CC(=O)Nc2ccc(Cl)cc2)C(=O)N1Cc1ccccc1. The average molecular weight is 459 g/mol. The highest BCUT2D eigenvalue weighted by Crippen LogP contribution is 2.37. The first-order valence-electron chi connectivity index (χ1n) is 10.9. The van der Waals surface area contributed by atoms with Gasteiger partial charge in [0.25, 0.3) is 0 Å². The second-order valence-corrected chi connectivity index (χ2v) is 8.67. The number of hydrogen-bond donors (Lipinski definition) is 1. The molecule has 0 bridgehead atoms. The second kappa shape index (κ2) is 8.71. The number of halogens is 1. The summed E-state index contributed by atoms with van der Waals surface area (Å²) in [5.41, 5.74) is 3.35. The molecule has 0 unspecified atom stereocenters. The first-order chi connectivity index (χ1) is 16.0. The number of amides is 2. The molecule has 0 saturated heterocycles. The van der Waals surface area contributed by atoms with E-state index in [1.807, 2.05) is 71.0 Å². The van der Waals surface area contributed by atoms with Crippen LogP contribution in [0.25, 0.3) is 11.0 Å². The highest BCUT2D eigenvalue weighted by Gasteiger charge is 2.40. The Labute approximate surface area is 196 Å².